The van der Waals surface area contributed by atoms with E-state index < -0.39 is 0 Å². The van der Waals surface area contributed by atoms with Gasteiger partial charge in [-0.25, -0.2) is 4.98 Å². The molecule has 82 valence electrons. The Hall–Kier alpha value is -1.10. The van der Waals surface area contributed by atoms with Crippen LogP contribution >= 0.6 is 12.2 Å². The Morgan fingerprint density at radius 1 is 1.53 bits per heavy atom. The van der Waals surface area contributed by atoms with E-state index >= 15 is 0 Å². The van der Waals surface area contributed by atoms with Crippen molar-refractivity contribution in [1.29, 1.82) is 0 Å². The number of hydrogen-bond acceptors (Lipinski definition) is 2. The Kier molecular flexibility index (Phi) is 3.55. The Morgan fingerprint density at radius 2 is 2.33 bits per heavy atom. The molecule has 1 aliphatic rings. The molecule has 0 saturated heterocycles. The highest BCUT2D eigenvalue weighted by atomic mass is 32.1. The van der Waals surface area contributed by atoms with Crippen LogP contribution in [0.3, 0.4) is 0 Å². The van der Waals surface area contributed by atoms with E-state index in [-0.39, 0.29) is 0 Å². The third-order valence-corrected chi connectivity index (χ3v) is 2.95. The fraction of sp³-hybridized carbons (Fsp3) is 0.600. The molecule has 3 N–H and O–H groups in total. The van der Waals surface area contributed by atoms with Crippen LogP contribution in [0.15, 0.2) is 12.5 Å². The van der Waals surface area contributed by atoms with Gasteiger partial charge in [0.1, 0.15) is 0 Å². The third-order valence-electron chi connectivity index (χ3n) is 2.68. The van der Waals surface area contributed by atoms with Crippen molar-refractivity contribution in [3.05, 3.63) is 18.2 Å². The van der Waals surface area contributed by atoms with E-state index in [0.29, 0.717) is 12.6 Å². The van der Waals surface area contributed by atoms with Crippen LogP contribution in [0.4, 0.5) is 0 Å². The molecule has 1 fully saturated rings. The molecule has 0 amide bonds. The molecule has 0 bridgehead atoms. The van der Waals surface area contributed by atoms with Crippen LogP contribution in [-0.2, 0) is 6.54 Å². The van der Waals surface area contributed by atoms with Crippen LogP contribution in [0.2, 0.25) is 0 Å². The van der Waals surface area contributed by atoms with Crippen molar-refractivity contribution in [3.63, 3.8) is 0 Å². The quantitative estimate of drug-likeness (QED) is 0.678. The van der Waals surface area contributed by atoms with E-state index in [1.165, 1.54) is 25.7 Å². The molecule has 1 saturated carbocycles. The number of aromatic nitrogens is 2. The summed E-state index contributed by atoms with van der Waals surface area (Å²) in [6.45, 7) is 0.707. The average molecular weight is 224 g/mol. The van der Waals surface area contributed by atoms with Gasteiger partial charge in [-0.3, -0.25) is 0 Å². The van der Waals surface area contributed by atoms with Gasteiger partial charge in [0.25, 0.3) is 0 Å². The Bertz CT molecular complexity index is 303. The number of nitrogens with one attached hydrogen (secondary N) is 3. The summed E-state index contributed by atoms with van der Waals surface area (Å²) < 4.78 is 0. The van der Waals surface area contributed by atoms with Gasteiger partial charge in [0.2, 0.25) is 0 Å². The lowest BCUT2D eigenvalue weighted by Gasteiger charge is -2.15. The van der Waals surface area contributed by atoms with Gasteiger partial charge in [-0.1, -0.05) is 12.8 Å². The summed E-state index contributed by atoms with van der Waals surface area (Å²) in [4.78, 5) is 6.97. The van der Waals surface area contributed by atoms with Crippen LogP contribution in [0.5, 0.6) is 0 Å². The van der Waals surface area contributed by atoms with Gasteiger partial charge in [-0.2, -0.15) is 0 Å². The molecule has 0 aromatic carbocycles. The molecule has 1 aromatic heterocycles. The number of aromatic amines is 1. The van der Waals surface area contributed by atoms with Crippen molar-refractivity contribution in [3.8, 4) is 0 Å². The van der Waals surface area contributed by atoms with Crippen molar-refractivity contribution in [2.45, 2.75) is 38.3 Å². The molecular formula is C10H16N4S. The summed E-state index contributed by atoms with van der Waals surface area (Å²) in [5.41, 5.74) is 1.05. The smallest absolute Gasteiger partial charge is 0.166 e. The summed E-state index contributed by atoms with van der Waals surface area (Å²) >= 11 is 5.21. The van der Waals surface area contributed by atoms with Crippen LogP contribution in [0.1, 0.15) is 31.4 Å². The van der Waals surface area contributed by atoms with Crippen LogP contribution < -0.4 is 10.6 Å². The van der Waals surface area contributed by atoms with Gasteiger partial charge < -0.3 is 15.6 Å². The lowest BCUT2D eigenvalue weighted by molar-refractivity contribution is 0.620. The van der Waals surface area contributed by atoms with Gasteiger partial charge in [-0.05, 0) is 25.1 Å². The van der Waals surface area contributed by atoms with Crippen LogP contribution in [0, 0.1) is 0 Å². The Labute approximate surface area is 94.9 Å². The van der Waals surface area contributed by atoms with E-state index in [1.54, 1.807) is 12.5 Å². The van der Waals surface area contributed by atoms with Crippen molar-refractivity contribution < 1.29 is 0 Å². The molecule has 0 spiro atoms. The van der Waals surface area contributed by atoms with Crippen LogP contribution in [0.25, 0.3) is 0 Å². The normalized spacial score (nSPS) is 16.5. The van der Waals surface area contributed by atoms with E-state index in [1.807, 2.05) is 0 Å². The number of rotatable bonds is 3. The molecule has 1 aromatic rings. The Balaban J connectivity index is 1.68. The summed E-state index contributed by atoms with van der Waals surface area (Å²) in [6.07, 6.45) is 8.59. The minimum absolute atomic E-state index is 0.576. The molecule has 4 nitrogen and oxygen atoms in total. The molecule has 0 aliphatic heterocycles. The lowest BCUT2D eigenvalue weighted by Crippen LogP contribution is -2.40. The maximum Gasteiger partial charge on any atom is 0.166 e. The minimum Gasteiger partial charge on any atom is -0.360 e. The van der Waals surface area contributed by atoms with Crippen LogP contribution in [-0.4, -0.2) is 21.1 Å². The zero-order valence-corrected chi connectivity index (χ0v) is 9.44. The monoisotopic (exact) mass is 224 g/mol. The minimum atomic E-state index is 0.576. The second-order valence-corrected chi connectivity index (χ2v) is 4.29. The molecule has 2 rings (SSSR count). The first-order chi connectivity index (χ1) is 7.34. The molecular weight excluding hydrogens is 208 g/mol. The van der Waals surface area contributed by atoms with E-state index in [2.05, 4.69) is 20.6 Å². The maximum atomic E-state index is 5.21. The molecule has 15 heavy (non-hydrogen) atoms. The number of imidazole rings is 1. The summed E-state index contributed by atoms with van der Waals surface area (Å²) in [5, 5.41) is 7.24. The fourth-order valence-electron chi connectivity index (χ4n) is 1.86. The maximum absolute atomic E-state index is 5.21. The number of nitrogens with zero attached hydrogens (tertiary/aromatic N) is 1. The number of thiocarbonyl (C=S) groups is 1. The first-order valence-corrected chi connectivity index (χ1v) is 5.77. The predicted octanol–water partition coefficient (Wildman–Crippen LogP) is 1.32. The van der Waals surface area contributed by atoms with E-state index in [9.17, 15) is 0 Å². The van der Waals surface area contributed by atoms with Gasteiger partial charge in [-0.15, -0.1) is 0 Å². The molecule has 0 radical (unpaired) electrons. The zero-order chi connectivity index (χ0) is 10.5. The largest absolute Gasteiger partial charge is 0.360 e. The Morgan fingerprint density at radius 3 is 3.00 bits per heavy atom. The summed E-state index contributed by atoms with van der Waals surface area (Å²) in [5.74, 6) is 0. The second-order valence-electron chi connectivity index (χ2n) is 3.89. The highest BCUT2D eigenvalue weighted by molar-refractivity contribution is 7.80. The van der Waals surface area contributed by atoms with Crippen molar-refractivity contribution in [1.82, 2.24) is 20.6 Å². The highest BCUT2D eigenvalue weighted by Crippen LogP contribution is 2.17. The third kappa shape index (κ3) is 3.20. The lowest BCUT2D eigenvalue weighted by atomic mass is 10.3. The number of H-pyrrole nitrogens is 1. The standard InChI is InChI=1S/C10H16N4S/c15-10(14-8-3-1-2-4-8)12-6-9-5-11-7-13-9/h5,7-8H,1-4,6H2,(H,11,13)(H2,12,14,15). The molecule has 5 heteroatoms. The van der Waals surface area contributed by atoms with Gasteiger partial charge in [0.05, 0.1) is 18.6 Å². The molecule has 0 unspecified atom stereocenters. The van der Waals surface area contributed by atoms with Crippen molar-refractivity contribution in [2.75, 3.05) is 0 Å². The SMILES string of the molecule is S=C(NCc1cnc[nH]1)NC1CCCC1. The van der Waals surface area contributed by atoms with E-state index in [0.717, 1.165) is 10.8 Å². The predicted molar refractivity (Wildman–Crippen MR) is 63.4 cm³/mol. The number of hydrogen-bond donors (Lipinski definition) is 3. The average Bonchev–Trinajstić information content (AvgIpc) is 2.86. The van der Waals surface area contributed by atoms with Crippen molar-refractivity contribution >= 4 is 17.3 Å². The molecule has 1 aliphatic carbocycles. The van der Waals surface area contributed by atoms with Gasteiger partial charge >= 0.3 is 0 Å². The second kappa shape index (κ2) is 5.11. The van der Waals surface area contributed by atoms with Gasteiger partial charge in [0.15, 0.2) is 5.11 Å². The molecule has 0 atom stereocenters. The van der Waals surface area contributed by atoms with Crippen molar-refractivity contribution in [2.24, 2.45) is 0 Å². The van der Waals surface area contributed by atoms with Gasteiger partial charge in [0, 0.05) is 12.2 Å². The topological polar surface area (TPSA) is 52.7 Å². The highest BCUT2D eigenvalue weighted by Gasteiger charge is 2.15. The van der Waals surface area contributed by atoms with E-state index in [4.69, 9.17) is 12.2 Å². The zero-order valence-electron chi connectivity index (χ0n) is 8.62. The summed E-state index contributed by atoms with van der Waals surface area (Å²) in [7, 11) is 0. The first kappa shape index (κ1) is 10.4. The fourth-order valence-corrected chi connectivity index (χ4v) is 2.10. The summed E-state index contributed by atoms with van der Waals surface area (Å²) in [6, 6.07) is 0.576. The first-order valence-electron chi connectivity index (χ1n) is 5.36. The molecule has 1 heterocycles.